The van der Waals surface area contributed by atoms with Crippen LogP contribution in [0.15, 0.2) is 48.5 Å². The molecule has 1 saturated carbocycles. The Hall–Kier alpha value is -2.27. The average molecular weight is 263 g/mol. The number of benzene rings is 2. The van der Waals surface area contributed by atoms with Crippen molar-refractivity contribution in [2.75, 3.05) is 0 Å². The van der Waals surface area contributed by atoms with Crippen molar-refractivity contribution < 1.29 is 4.74 Å². The van der Waals surface area contributed by atoms with Gasteiger partial charge in [-0.3, -0.25) is 0 Å². The van der Waals surface area contributed by atoms with Gasteiger partial charge in [-0.15, -0.1) is 0 Å². The van der Waals surface area contributed by atoms with Gasteiger partial charge in [-0.05, 0) is 60.7 Å². The summed E-state index contributed by atoms with van der Waals surface area (Å²) in [6.45, 7) is 0. The van der Waals surface area contributed by atoms with Crippen LogP contribution in [0, 0.1) is 11.3 Å². The quantitative estimate of drug-likeness (QED) is 0.780. The summed E-state index contributed by atoms with van der Waals surface area (Å²) in [7, 11) is 0. The largest absolute Gasteiger partial charge is 0.457 e. The van der Waals surface area contributed by atoms with Crippen molar-refractivity contribution in [2.45, 2.75) is 31.6 Å². The molecular formula is C18H17NO. The molecule has 0 bridgehead atoms. The first-order valence-corrected chi connectivity index (χ1v) is 7.13. The Morgan fingerprint density at radius 3 is 1.95 bits per heavy atom. The second-order valence-corrected chi connectivity index (χ2v) is 5.29. The van der Waals surface area contributed by atoms with Gasteiger partial charge in [-0.2, -0.15) is 5.26 Å². The van der Waals surface area contributed by atoms with Crippen LogP contribution in [0.4, 0.5) is 0 Å². The Morgan fingerprint density at radius 1 is 0.850 bits per heavy atom. The number of nitrogens with zero attached hydrogens (tertiary/aromatic N) is 1. The van der Waals surface area contributed by atoms with Crippen molar-refractivity contribution in [3.05, 3.63) is 59.7 Å². The maximum Gasteiger partial charge on any atom is 0.127 e. The fraction of sp³-hybridized carbons (Fsp3) is 0.278. The van der Waals surface area contributed by atoms with Crippen molar-refractivity contribution in [3.63, 3.8) is 0 Å². The SMILES string of the molecule is N#Cc1ccc(Oc2ccc(C3CCCC3)cc2)cc1. The van der Waals surface area contributed by atoms with E-state index in [1.807, 2.05) is 24.3 Å². The second-order valence-electron chi connectivity index (χ2n) is 5.29. The molecule has 0 radical (unpaired) electrons. The summed E-state index contributed by atoms with van der Waals surface area (Å²) in [5.41, 5.74) is 2.07. The Morgan fingerprint density at radius 2 is 1.40 bits per heavy atom. The zero-order valence-electron chi connectivity index (χ0n) is 11.4. The standard InChI is InChI=1S/C18H17NO/c19-13-14-5-9-17(10-6-14)20-18-11-7-16(8-12-18)15-3-1-2-4-15/h5-12,15H,1-4H2. The van der Waals surface area contributed by atoms with E-state index in [0.717, 1.165) is 17.4 Å². The lowest BCUT2D eigenvalue weighted by Gasteiger charge is -2.11. The first-order chi connectivity index (χ1) is 9.85. The molecule has 1 aliphatic rings. The van der Waals surface area contributed by atoms with E-state index in [4.69, 9.17) is 10.00 Å². The highest BCUT2D eigenvalue weighted by Crippen LogP contribution is 2.35. The number of hydrogen-bond acceptors (Lipinski definition) is 2. The van der Waals surface area contributed by atoms with Gasteiger partial charge in [0.1, 0.15) is 11.5 Å². The predicted molar refractivity (Wildman–Crippen MR) is 78.9 cm³/mol. The minimum Gasteiger partial charge on any atom is -0.457 e. The Balaban J connectivity index is 1.69. The monoisotopic (exact) mass is 263 g/mol. The van der Waals surface area contributed by atoms with Crippen LogP contribution in [0.25, 0.3) is 0 Å². The summed E-state index contributed by atoms with van der Waals surface area (Å²) >= 11 is 0. The maximum atomic E-state index is 8.76. The third-order valence-corrected chi connectivity index (χ3v) is 3.93. The van der Waals surface area contributed by atoms with Crippen LogP contribution in [-0.2, 0) is 0 Å². The molecule has 0 saturated heterocycles. The van der Waals surface area contributed by atoms with Crippen molar-refractivity contribution >= 4 is 0 Å². The molecule has 0 spiro atoms. The molecule has 0 N–H and O–H groups in total. The summed E-state index contributed by atoms with van der Waals surface area (Å²) in [6.07, 6.45) is 5.34. The molecule has 0 atom stereocenters. The normalized spacial score (nSPS) is 14.9. The van der Waals surface area contributed by atoms with Gasteiger partial charge in [-0.1, -0.05) is 25.0 Å². The third kappa shape index (κ3) is 2.83. The predicted octanol–water partition coefficient (Wildman–Crippen LogP) is 5.01. The first-order valence-electron chi connectivity index (χ1n) is 7.13. The van der Waals surface area contributed by atoms with Gasteiger partial charge in [-0.25, -0.2) is 0 Å². The van der Waals surface area contributed by atoms with Gasteiger partial charge < -0.3 is 4.74 Å². The molecule has 3 rings (SSSR count). The van der Waals surface area contributed by atoms with Crippen molar-refractivity contribution in [2.24, 2.45) is 0 Å². The van der Waals surface area contributed by atoms with Crippen LogP contribution < -0.4 is 4.74 Å². The first kappa shape index (κ1) is 12.7. The molecule has 100 valence electrons. The second kappa shape index (κ2) is 5.79. The molecule has 0 heterocycles. The highest BCUT2D eigenvalue weighted by atomic mass is 16.5. The summed E-state index contributed by atoms with van der Waals surface area (Å²) in [6, 6.07) is 17.7. The van der Waals surface area contributed by atoms with Crippen LogP contribution in [0.1, 0.15) is 42.7 Å². The van der Waals surface area contributed by atoms with Crippen LogP contribution in [0.3, 0.4) is 0 Å². The molecular weight excluding hydrogens is 246 g/mol. The topological polar surface area (TPSA) is 33.0 Å². The van der Waals surface area contributed by atoms with Crippen LogP contribution in [0.2, 0.25) is 0 Å². The number of hydrogen-bond donors (Lipinski definition) is 0. The highest BCUT2D eigenvalue weighted by molar-refractivity contribution is 5.38. The molecule has 0 unspecified atom stereocenters. The van der Waals surface area contributed by atoms with E-state index in [9.17, 15) is 0 Å². The van der Waals surface area contributed by atoms with E-state index in [-0.39, 0.29) is 0 Å². The van der Waals surface area contributed by atoms with E-state index in [0.29, 0.717) is 5.56 Å². The maximum absolute atomic E-state index is 8.76. The molecule has 0 amide bonds. The van der Waals surface area contributed by atoms with Crippen molar-refractivity contribution in [1.82, 2.24) is 0 Å². The summed E-state index contributed by atoms with van der Waals surface area (Å²) < 4.78 is 5.79. The van der Waals surface area contributed by atoms with Gasteiger partial charge in [0, 0.05) is 0 Å². The zero-order chi connectivity index (χ0) is 13.8. The molecule has 2 heteroatoms. The fourth-order valence-electron chi connectivity index (χ4n) is 2.80. The highest BCUT2D eigenvalue weighted by Gasteiger charge is 2.16. The Kier molecular flexibility index (Phi) is 3.69. The van der Waals surface area contributed by atoms with Crippen LogP contribution in [0.5, 0.6) is 11.5 Å². The van der Waals surface area contributed by atoms with Gasteiger partial charge >= 0.3 is 0 Å². The van der Waals surface area contributed by atoms with Gasteiger partial charge in [0.05, 0.1) is 11.6 Å². The van der Waals surface area contributed by atoms with E-state index in [1.54, 1.807) is 12.1 Å². The lowest BCUT2D eigenvalue weighted by atomic mass is 9.98. The smallest absolute Gasteiger partial charge is 0.127 e. The number of nitriles is 1. The van der Waals surface area contributed by atoms with E-state index in [1.165, 1.54) is 31.2 Å². The zero-order valence-corrected chi connectivity index (χ0v) is 11.4. The lowest BCUT2D eigenvalue weighted by molar-refractivity contribution is 0.482. The molecule has 1 aliphatic carbocycles. The number of ether oxygens (including phenoxy) is 1. The van der Waals surface area contributed by atoms with E-state index >= 15 is 0 Å². The minimum atomic E-state index is 0.647. The van der Waals surface area contributed by atoms with Gasteiger partial charge in [0.25, 0.3) is 0 Å². The average Bonchev–Trinajstić information content (AvgIpc) is 3.03. The summed E-state index contributed by atoms with van der Waals surface area (Å²) in [5, 5.41) is 8.76. The summed E-state index contributed by atoms with van der Waals surface area (Å²) in [4.78, 5) is 0. The third-order valence-electron chi connectivity index (χ3n) is 3.93. The molecule has 1 fully saturated rings. The Bertz CT molecular complexity index is 601. The lowest BCUT2D eigenvalue weighted by Crippen LogP contribution is -1.92. The van der Waals surface area contributed by atoms with Crippen LogP contribution >= 0.6 is 0 Å². The molecule has 0 aliphatic heterocycles. The molecule has 2 aromatic rings. The van der Waals surface area contributed by atoms with Crippen molar-refractivity contribution in [1.29, 1.82) is 5.26 Å². The molecule has 20 heavy (non-hydrogen) atoms. The fourth-order valence-corrected chi connectivity index (χ4v) is 2.80. The Labute approximate surface area is 119 Å². The van der Waals surface area contributed by atoms with Crippen molar-refractivity contribution in [3.8, 4) is 17.6 Å². The number of rotatable bonds is 3. The molecule has 2 aromatic carbocycles. The minimum absolute atomic E-state index is 0.647. The van der Waals surface area contributed by atoms with Gasteiger partial charge in [0.15, 0.2) is 0 Å². The molecule has 2 nitrogen and oxygen atoms in total. The van der Waals surface area contributed by atoms with Gasteiger partial charge in [0.2, 0.25) is 0 Å². The molecule has 0 aromatic heterocycles. The van der Waals surface area contributed by atoms with Crippen LogP contribution in [-0.4, -0.2) is 0 Å². The van der Waals surface area contributed by atoms with E-state index in [2.05, 4.69) is 18.2 Å². The van der Waals surface area contributed by atoms with E-state index < -0.39 is 0 Å². The summed E-state index contributed by atoms with van der Waals surface area (Å²) in [5.74, 6) is 2.34.